The van der Waals surface area contributed by atoms with Gasteiger partial charge in [-0.2, -0.15) is 0 Å². The molecule has 0 unspecified atom stereocenters. The maximum absolute atomic E-state index is 12.1. The van der Waals surface area contributed by atoms with Gasteiger partial charge >= 0.3 is 5.97 Å². The Labute approximate surface area is 129 Å². The highest BCUT2D eigenvalue weighted by atomic mass is 32.1. The van der Waals surface area contributed by atoms with Crippen LogP contribution >= 0.6 is 11.3 Å². The number of carbonyl (C=O) groups excluding carboxylic acids is 1. The van der Waals surface area contributed by atoms with Gasteiger partial charge in [0.1, 0.15) is 0 Å². The molecule has 1 aromatic heterocycles. The van der Waals surface area contributed by atoms with Gasteiger partial charge in [-0.25, -0.2) is 0 Å². The summed E-state index contributed by atoms with van der Waals surface area (Å²) < 4.78 is 0. The molecule has 1 aliphatic rings. The third-order valence-electron chi connectivity index (χ3n) is 4.08. The standard InChI is InChI=1S/C16H23NO3S/c1-12-7-8-13(21-12)5-4-6-14(18)17-16(11-15(19)20)9-2-3-10-16/h7-8H,2-6,9-11H2,1H3,(H,17,18)(H,19,20). The Morgan fingerprint density at radius 1 is 1.33 bits per heavy atom. The zero-order valence-corrected chi connectivity index (χ0v) is 13.3. The van der Waals surface area contributed by atoms with Gasteiger partial charge in [0.2, 0.25) is 5.91 Å². The number of carboxylic acids is 1. The van der Waals surface area contributed by atoms with E-state index in [1.54, 1.807) is 11.3 Å². The van der Waals surface area contributed by atoms with Crippen molar-refractivity contribution in [2.75, 3.05) is 0 Å². The molecule has 0 spiro atoms. The first-order valence-electron chi connectivity index (χ1n) is 7.57. The van der Waals surface area contributed by atoms with Crippen LogP contribution in [0.1, 0.15) is 54.7 Å². The summed E-state index contributed by atoms with van der Waals surface area (Å²) in [5, 5.41) is 12.0. The normalized spacial score (nSPS) is 16.8. The van der Waals surface area contributed by atoms with E-state index >= 15 is 0 Å². The Hall–Kier alpha value is -1.36. The quantitative estimate of drug-likeness (QED) is 0.812. The van der Waals surface area contributed by atoms with Crippen LogP contribution < -0.4 is 5.32 Å². The third kappa shape index (κ3) is 4.84. The molecule has 0 aromatic carbocycles. The number of hydrogen-bond acceptors (Lipinski definition) is 3. The number of carbonyl (C=O) groups is 2. The molecule has 0 atom stereocenters. The minimum Gasteiger partial charge on any atom is -0.481 e. The van der Waals surface area contributed by atoms with Crippen molar-refractivity contribution in [3.05, 3.63) is 21.9 Å². The van der Waals surface area contributed by atoms with Crippen LogP contribution in [0.25, 0.3) is 0 Å². The number of thiophene rings is 1. The molecule has 116 valence electrons. The Balaban J connectivity index is 1.78. The highest BCUT2D eigenvalue weighted by Gasteiger charge is 2.37. The molecule has 4 nitrogen and oxygen atoms in total. The molecule has 0 saturated heterocycles. The van der Waals surface area contributed by atoms with Gasteiger partial charge in [0.25, 0.3) is 0 Å². The number of amides is 1. The molecule has 0 aliphatic heterocycles. The van der Waals surface area contributed by atoms with Crippen molar-refractivity contribution in [1.82, 2.24) is 5.32 Å². The van der Waals surface area contributed by atoms with Crippen LogP contribution in [0.4, 0.5) is 0 Å². The zero-order valence-electron chi connectivity index (χ0n) is 12.5. The van der Waals surface area contributed by atoms with Gasteiger partial charge in [0, 0.05) is 16.2 Å². The summed E-state index contributed by atoms with van der Waals surface area (Å²) >= 11 is 1.77. The van der Waals surface area contributed by atoms with E-state index in [0.717, 1.165) is 38.5 Å². The number of nitrogens with one attached hydrogen (secondary N) is 1. The molecular weight excluding hydrogens is 286 g/mol. The number of rotatable bonds is 7. The molecule has 1 aliphatic carbocycles. The highest BCUT2D eigenvalue weighted by molar-refractivity contribution is 7.11. The second kappa shape index (κ2) is 7.07. The van der Waals surface area contributed by atoms with Gasteiger partial charge in [-0.15, -0.1) is 11.3 Å². The van der Waals surface area contributed by atoms with Crippen molar-refractivity contribution < 1.29 is 14.7 Å². The highest BCUT2D eigenvalue weighted by Crippen LogP contribution is 2.32. The van der Waals surface area contributed by atoms with Gasteiger partial charge in [0.05, 0.1) is 12.0 Å². The van der Waals surface area contributed by atoms with Crippen LogP contribution in [0.2, 0.25) is 0 Å². The molecule has 0 radical (unpaired) electrons. The van der Waals surface area contributed by atoms with E-state index in [4.69, 9.17) is 5.11 Å². The van der Waals surface area contributed by atoms with Crippen molar-refractivity contribution in [1.29, 1.82) is 0 Å². The predicted octanol–water partition coefficient (Wildman–Crippen LogP) is 3.28. The lowest BCUT2D eigenvalue weighted by molar-refractivity contribution is -0.139. The zero-order chi connectivity index (χ0) is 15.3. The van der Waals surface area contributed by atoms with E-state index in [1.165, 1.54) is 9.75 Å². The number of aryl methyl sites for hydroxylation is 2. The molecule has 2 rings (SSSR count). The van der Waals surface area contributed by atoms with E-state index in [2.05, 4.69) is 24.4 Å². The molecule has 21 heavy (non-hydrogen) atoms. The van der Waals surface area contributed by atoms with Gasteiger partial charge < -0.3 is 10.4 Å². The summed E-state index contributed by atoms with van der Waals surface area (Å²) in [5.74, 6) is -0.835. The Kier molecular flexibility index (Phi) is 5.39. The van der Waals surface area contributed by atoms with Crippen molar-refractivity contribution in [3.8, 4) is 0 Å². The second-order valence-corrected chi connectivity index (χ2v) is 7.34. The molecule has 1 aromatic rings. The predicted molar refractivity (Wildman–Crippen MR) is 83.6 cm³/mol. The number of hydrogen-bond donors (Lipinski definition) is 2. The fourth-order valence-electron chi connectivity index (χ4n) is 3.09. The van der Waals surface area contributed by atoms with Crippen LogP contribution in [0.3, 0.4) is 0 Å². The van der Waals surface area contributed by atoms with Crippen LogP contribution in [0, 0.1) is 6.92 Å². The summed E-state index contributed by atoms with van der Waals surface area (Å²) in [6.07, 6.45) is 5.82. The molecule has 2 N–H and O–H groups in total. The maximum Gasteiger partial charge on any atom is 0.305 e. The summed E-state index contributed by atoms with van der Waals surface area (Å²) in [4.78, 5) is 25.7. The summed E-state index contributed by atoms with van der Waals surface area (Å²) in [7, 11) is 0. The molecule has 1 saturated carbocycles. The van der Waals surface area contributed by atoms with Gasteiger partial charge in [0.15, 0.2) is 0 Å². The molecule has 5 heteroatoms. The SMILES string of the molecule is Cc1ccc(CCCC(=O)NC2(CC(=O)O)CCCC2)s1. The molecular formula is C16H23NO3S. The summed E-state index contributed by atoms with van der Waals surface area (Å²) in [5.41, 5.74) is -0.498. The Bertz CT molecular complexity index is 503. The van der Waals surface area contributed by atoms with E-state index in [9.17, 15) is 9.59 Å². The van der Waals surface area contributed by atoms with E-state index < -0.39 is 11.5 Å². The lowest BCUT2D eigenvalue weighted by Gasteiger charge is -2.28. The van der Waals surface area contributed by atoms with Crippen molar-refractivity contribution in [2.45, 2.75) is 63.8 Å². The number of aliphatic carboxylic acids is 1. The lowest BCUT2D eigenvalue weighted by atomic mass is 9.93. The first kappa shape index (κ1) is 16.0. The molecule has 0 bridgehead atoms. The van der Waals surface area contributed by atoms with E-state index in [-0.39, 0.29) is 12.3 Å². The van der Waals surface area contributed by atoms with E-state index in [0.29, 0.717) is 6.42 Å². The third-order valence-corrected chi connectivity index (χ3v) is 5.14. The van der Waals surface area contributed by atoms with Crippen LogP contribution in [0.15, 0.2) is 12.1 Å². The monoisotopic (exact) mass is 309 g/mol. The van der Waals surface area contributed by atoms with Crippen LogP contribution in [0.5, 0.6) is 0 Å². The summed E-state index contributed by atoms with van der Waals surface area (Å²) in [6, 6.07) is 4.21. The van der Waals surface area contributed by atoms with Gasteiger partial charge in [-0.3, -0.25) is 9.59 Å². The lowest BCUT2D eigenvalue weighted by Crippen LogP contribution is -2.47. The van der Waals surface area contributed by atoms with Crippen LogP contribution in [-0.4, -0.2) is 22.5 Å². The van der Waals surface area contributed by atoms with Gasteiger partial charge in [-0.1, -0.05) is 12.8 Å². The fourth-order valence-corrected chi connectivity index (χ4v) is 4.02. The topological polar surface area (TPSA) is 66.4 Å². The summed E-state index contributed by atoms with van der Waals surface area (Å²) in [6.45, 7) is 2.08. The molecule has 1 heterocycles. The maximum atomic E-state index is 12.1. The van der Waals surface area contributed by atoms with Crippen molar-refractivity contribution in [2.24, 2.45) is 0 Å². The number of carboxylic acid groups (broad SMARTS) is 1. The Morgan fingerprint density at radius 3 is 2.62 bits per heavy atom. The first-order chi connectivity index (χ1) is 9.99. The smallest absolute Gasteiger partial charge is 0.305 e. The minimum absolute atomic E-state index is 0.00794. The molecule has 1 fully saturated rings. The van der Waals surface area contributed by atoms with Crippen molar-refractivity contribution in [3.63, 3.8) is 0 Å². The minimum atomic E-state index is -0.828. The molecule has 1 amide bonds. The second-order valence-electron chi connectivity index (χ2n) is 5.97. The fraction of sp³-hybridized carbons (Fsp3) is 0.625. The Morgan fingerprint density at radius 2 is 2.05 bits per heavy atom. The van der Waals surface area contributed by atoms with Crippen LogP contribution in [-0.2, 0) is 16.0 Å². The van der Waals surface area contributed by atoms with E-state index in [1.807, 2.05) is 0 Å². The average molecular weight is 309 g/mol. The first-order valence-corrected chi connectivity index (χ1v) is 8.39. The largest absolute Gasteiger partial charge is 0.481 e. The van der Waals surface area contributed by atoms with Gasteiger partial charge in [-0.05, 0) is 44.7 Å². The van der Waals surface area contributed by atoms with Crippen molar-refractivity contribution >= 4 is 23.2 Å². The average Bonchev–Trinajstić information content (AvgIpc) is 2.98.